The standard InChI is InChI=1S/C6H8O4/c7-3-5-4(8)1-2-6(9)10-5/h1-2,5-7,9H,3H2. The summed E-state index contributed by atoms with van der Waals surface area (Å²) in [6.45, 7) is -0.389. The van der Waals surface area contributed by atoms with Crippen LogP contribution >= 0.6 is 0 Å². The summed E-state index contributed by atoms with van der Waals surface area (Å²) in [5.41, 5.74) is 0. The average molecular weight is 144 g/mol. The lowest BCUT2D eigenvalue weighted by Gasteiger charge is -2.18. The molecule has 1 heterocycles. The molecule has 1 aliphatic rings. The van der Waals surface area contributed by atoms with E-state index >= 15 is 0 Å². The van der Waals surface area contributed by atoms with Gasteiger partial charge in [-0.25, -0.2) is 0 Å². The molecule has 1 rings (SSSR count). The third kappa shape index (κ3) is 1.41. The molecule has 0 radical (unpaired) electrons. The monoisotopic (exact) mass is 144 g/mol. The van der Waals surface area contributed by atoms with Crippen molar-refractivity contribution in [1.29, 1.82) is 0 Å². The summed E-state index contributed by atoms with van der Waals surface area (Å²) in [5, 5.41) is 17.2. The summed E-state index contributed by atoms with van der Waals surface area (Å²) in [4.78, 5) is 10.7. The molecule has 0 fully saturated rings. The molecule has 4 heteroatoms. The zero-order valence-electron chi connectivity index (χ0n) is 5.23. The molecule has 0 amide bonds. The van der Waals surface area contributed by atoms with E-state index < -0.39 is 12.4 Å². The minimum Gasteiger partial charge on any atom is -0.393 e. The summed E-state index contributed by atoms with van der Waals surface area (Å²) < 4.78 is 4.62. The molecule has 2 unspecified atom stereocenters. The van der Waals surface area contributed by atoms with Crippen molar-refractivity contribution in [3.05, 3.63) is 12.2 Å². The molecule has 0 aliphatic carbocycles. The Morgan fingerprint density at radius 2 is 2.40 bits per heavy atom. The maximum Gasteiger partial charge on any atom is 0.186 e. The Balaban J connectivity index is 2.62. The number of hydrogen-bond acceptors (Lipinski definition) is 4. The summed E-state index contributed by atoms with van der Waals surface area (Å²) in [6.07, 6.45) is 0.485. The minimum absolute atomic E-state index is 0.312. The first-order valence-electron chi connectivity index (χ1n) is 2.90. The molecule has 1 aliphatic heterocycles. The number of aliphatic hydroxyl groups is 2. The quantitative estimate of drug-likeness (QED) is 0.486. The number of aliphatic hydroxyl groups excluding tert-OH is 2. The molecule has 2 N–H and O–H groups in total. The predicted octanol–water partition coefficient (Wildman–Crippen LogP) is -1.18. The van der Waals surface area contributed by atoms with E-state index in [0.29, 0.717) is 0 Å². The Labute approximate surface area is 57.7 Å². The highest BCUT2D eigenvalue weighted by Crippen LogP contribution is 2.05. The molecular formula is C6H8O4. The lowest BCUT2D eigenvalue weighted by Crippen LogP contribution is -2.34. The van der Waals surface area contributed by atoms with Crippen LogP contribution in [0.5, 0.6) is 0 Å². The second kappa shape index (κ2) is 2.92. The fraction of sp³-hybridized carbons (Fsp3) is 0.500. The third-order valence-electron chi connectivity index (χ3n) is 1.21. The number of carbonyl (C=O) groups is 1. The lowest BCUT2D eigenvalue weighted by molar-refractivity contribution is -0.153. The highest BCUT2D eigenvalue weighted by atomic mass is 16.6. The van der Waals surface area contributed by atoms with Crippen molar-refractivity contribution in [1.82, 2.24) is 0 Å². The SMILES string of the molecule is O=C1C=CC(O)OC1CO. The number of rotatable bonds is 1. The maximum atomic E-state index is 10.7. The first-order valence-corrected chi connectivity index (χ1v) is 2.90. The fourth-order valence-electron chi connectivity index (χ4n) is 0.698. The van der Waals surface area contributed by atoms with Crippen LogP contribution in [0, 0.1) is 0 Å². The van der Waals surface area contributed by atoms with E-state index in [1.807, 2.05) is 0 Å². The van der Waals surface area contributed by atoms with Crippen LogP contribution in [0.25, 0.3) is 0 Å². The summed E-state index contributed by atoms with van der Waals surface area (Å²) in [6, 6.07) is 0. The summed E-state index contributed by atoms with van der Waals surface area (Å²) >= 11 is 0. The number of ether oxygens (including phenoxy) is 1. The van der Waals surface area contributed by atoms with Crippen LogP contribution in [-0.2, 0) is 9.53 Å². The molecule has 10 heavy (non-hydrogen) atoms. The smallest absolute Gasteiger partial charge is 0.186 e. The van der Waals surface area contributed by atoms with E-state index in [1.54, 1.807) is 0 Å². The molecular weight excluding hydrogens is 136 g/mol. The molecule has 4 nitrogen and oxygen atoms in total. The largest absolute Gasteiger partial charge is 0.393 e. The Hall–Kier alpha value is -0.710. The molecule has 0 bridgehead atoms. The first kappa shape index (κ1) is 7.40. The predicted molar refractivity (Wildman–Crippen MR) is 32.1 cm³/mol. The van der Waals surface area contributed by atoms with Gasteiger partial charge in [-0.3, -0.25) is 4.79 Å². The lowest BCUT2D eigenvalue weighted by atomic mass is 10.2. The Morgan fingerprint density at radius 3 is 2.90 bits per heavy atom. The van der Waals surface area contributed by atoms with E-state index in [4.69, 9.17) is 10.2 Å². The number of hydrogen-bond donors (Lipinski definition) is 2. The van der Waals surface area contributed by atoms with Gasteiger partial charge in [0, 0.05) is 0 Å². The number of carbonyl (C=O) groups excluding carboxylic acids is 1. The summed E-state index contributed by atoms with van der Waals surface area (Å²) in [5.74, 6) is -0.312. The second-order valence-electron chi connectivity index (χ2n) is 1.96. The van der Waals surface area contributed by atoms with E-state index in [2.05, 4.69) is 4.74 Å². The van der Waals surface area contributed by atoms with Gasteiger partial charge in [0.15, 0.2) is 12.1 Å². The van der Waals surface area contributed by atoms with Crippen LogP contribution in [-0.4, -0.2) is 35.0 Å². The van der Waals surface area contributed by atoms with Gasteiger partial charge in [-0.15, -0.1) is 0 Å². The summed E-state index contributed by atoms with van der Waals surface area (Å²) in [7, 11) is 0. The third-order valence-corrected chi connectivity index (χ3v) is 1.21. The van der Waals surface area contributed by atoms with Gasteiger partial charge in [0.1, 0.15) is 6.10 Å². The molecule has 0 saturated heterocycles. The van der Waals surface area contributed by atoms with Crippen molar-refractivity contribution in [2.45, 2.75) is 12.4 Å². The van der Waals surface area contributed by atoms with Crippen LogP contribution in [0.15, 0.2) is 12.2 Å². The second-order valence-corrected chi connectivity index (χ2v) is 1.96. The first-order chi connectivity index (χ1) is 4.74. The zero-order chi connectivity index (χ0) is 7.56. The van der Waals surface area contributed by atoms with E-state index in [1.165, 1.54) is 12.2 Å². The molecule has 56 valence electrons. The maximum absolute atomic E-state index is 10.7. The van der Waals surface area contributed by atoms with Crippen molar-refractivity contribution < 1.29 is 19.7 Å². The van der Waals surface area contributed by atoms with Crippen LogP contribution in [0.4, 0.5) is 0 Å². The average Bonchev–Trinajstić information content (AvgIpc) is 1.94. The highest BCUT2D eigenvalue weighted by Gasteiger charge is 2.22. The normalized spacial score (nSPS) is 32.8. The van der Waals surface area contributed by atoms with E-state index in [-0.39, 0.29) is 12.4 Å². The van der Waals surface area contributed by atoms with Crippen molar-refractivity contribution >= 4 is 5.78 Å². The van der Waals surface area contributed by atoms with Gasteiger partial charge in [-0.05, 0) is 12.2 Å². The zero-order valence-corrected chi connectivity index (χ0v) is 5.23. The van der Waals surface area contributed by atoms with Crippen LogP contribution in [0.3, 0.4) is 0 Å². The molecule has 0 saturated carbocycles. The van der Waals surface area contributed by atoms with Crippen LogP contribution in [0.2, 0.25) is 0 Å². The highest BCUT2D eigenvalue weighted by molar-refractivity contribution is 5.94. The van der Waals surface area contributed by atoms with Crippen molar-refractivity contribution in [3.8, 4) is 0 Å². The topological polar surface area (TPSA) is 66.8 Å². The minimum atomic E-state index is -1.06. The Kier molecular flexibility index (Phi) is 2.16. The number of ketones is 1. The van der Waals surface area contributed by atoms with Gasteiger partial charge >= 0.3 is 0 Å². The van der Waals surface area contributed by atoms with Gasteiger partial charge in [-0.1, -0.05) is 0 Å². The Bertz CT molecular complexity index is 163. The van der Waals surface area contributed by atoms with Crippen molar-refractivity contribution in [2.24, 2.45) is 0 Å². The fourth-order valence-corrected chi connectivity index (χ4v) is 0.698. The van der Waals surface area contributed by atoms with Gasteiger partial charge in [0.05, 0.1) is 6.61 Å². The van der Waals surface area contributed by atoms with Crippen molar-refractivity contribution in [3.63, 3.8) is 0 Å². The van der Waals surface area contributed by atoms with E-state index in [9.17, 15) is 4.79 Å². The van der Waals surface area contributed by atoms with Crippen molar-refractivity contribution in [2.75, 3.05) is 6.61 Å². The van der Waals surface area contributed by atoms with Gasteiger partial charge in [0.2, 0.25) is 0 Å². The van der Waals surface area contributed by atoms with Crippen LogP contribution < -0.4 is 0 Å². The van der Waals surface area contributed by atoms with Crippen LogP contribution in [0.1, 0.15) is 0 Å². The van der Waals surface area contributed by atoms with Gasteiger partial charge in [0.25, 0.3) is 0 Å². The van der Waals surface area contributed by atoms with E-state index in [0.717, 1.165) is 0 Å². The molecule has 0 aromatic carbocycles. The molecule has 2 atom stereocenters. The molecule has 0 aromatic heterocycles. The van der Waals surface area contributed by atoms with Gasteiger partial charge in [-0.2, -0.15) is 0 Å². The van der Waals surface area contributed by atoms with Gasteiger partial charge < -0.3 is 14.9 Å². The Morgan fingerprint density at radius 1 is 1.70 bits per heavy atom. The molecule has 0 aromatic rings. The molecule has 0 spiro atoms.